The highest BCUT2D eigenvalue weighted by molar-refractivity contribution is 9.10. The Morgan fingerprint density at radius 2 is 1.82 bits per heavy atom. The van der Waals surface area contributed by atoms with Crippen LogP contribution in [-0.4, -0.2) is 31.1 Å². The van der Waals surface area contributed by atoms with Gasteiger partial charge in [0.05, 0.1) is 0 Å². The molecule has 22 heavy (non-hydrogen) atoms. The maximum Gasteiger partial charge on any atom is 0.123 e. The molecule has 1 aliphatic heterocycles. The highest BCUT2D eigenvalue weighted by Crippen LogP contribution is 2.33. The Kier molecular flexibility index (Phi) is 10.9. The SMILES string of the molecule is CC(C)CC[C@H](c1cc(F)ccc1Br)N1CCNCC1.Cl.Cl. The van der Waals surface area contributed by atoms with E-state index in [2.05, 4.69) is 40.0 Å². The van der Waals surface area contributed by atoms with Gasteiger partial charge in [0.25, 0.3) is 0 Å². The van der Waals surface area contributed by atoms with E-state index < -0.39 is 0 Å². The second-order valence-corrected chi connectivity index (χ2v) is 6.79. The molecule has 1 aromatic rings. The van der Waals surface area contributed by atoms with Crippen LogP contribution in [0.15, 0.2) is 22.7 Å². The summed E-state index contributed by atoms with van der Waals surface area (Å²) >= 11 is 3.60. The maximum atomic E-state index is 13.6. The third kappa shape index (κ3) is 6.32. The summed E-state index contributed by atoms with van der Waals surface area (Å²) in [5.74, 6) is 0.528. The molecule has 6 heteroatoms. The lowest BCUT2D eigenvalue weighted by molar-refractivity contribution is 0.159. The first-order chi connectivity index (χ1) is 9.58. The summed E-state index contributed by atoms with van der Waals surface area (Å²) in [5, 5.41) is 3.38. The van der Waals surface area contributed by atoms with Gasteiger partial charge in [-0.15, -0.1) is 24.8 Å². The fourth-order valence-electron chi connectivity index (χ4n) is 2.79. The summed E-state index contributed by atoms with van der Waals surface area (Å²) in [6.45, 7) is 8.60. The summed E-state index contributed by atoms with van der Waals surface area (Å²) in [6.07, 6.45) is 2.25. The average molecular weight is 416 g/mol. The highest BCUT2D eigenvalue weighted by atomic mass is 79.9. The van der Waals surface area contributed by atoms with Crippen LogP contribution in [0.1, 0.15) is 38.3 Å². The van der Waals surface area contributed by atoms with Gasteiger partial charge >= 0.3 is 0 Å². The molecule has 0 saturated carbocycles. The van der Waals surface area contributed by atoms with Crippen LogP contribution < -0.4 is 5.32 Å². The van der Waals surface area contributed by atoms with E-state index in [4.69, 9.17) is 0 Å². The number of nitrogens with one attached hydrogen (secondary N) is 1. The Morgan fingerprint density at radius 1 is 1.18 bits per heavy atom. The van der Waals surface area contributed by atoms with Crippen molar-refractivity contribution in [3.8, 4) is 0 Å². The third-order valence-electron chi connectivity index (χ3n) is 3.93. The van der Waals surface area contributed by atoms with Crippen LogP contribution >= 0.6 is 40.7 Å². The number of hydrogen-bond acceptors (Lipinski definition) is 2. The van der Waals surface area contributed by atoms with E-state index in [9.17, 15) is 4.39 Å². The lowest BCUT2D eigenvalue weighted by atomic mass is 9.95. The second-order valence-electron chi connectivity index (χ2n) is 5.94. The van der Waals surface area contributed by atoms with Crippen molar-refractivity contribution in [2.24, 2.45) is 5.92 Å². The molecular weight excluding hydrogens is 390 g/mol. The standard InChI is InChI=1S/C16H24BrFN2.2ClH/c1-12(2)3-6-16(20-9-7-19-8-10-20)14-11-13(18)4-5-15(14)17;;/h4-5,11-12,16,19H,3,6-10H2,1-2H3;2*1H/t16-;;/m1../s1. The van der Waals surface area contributed by atoms with Crippen molar-refractivity contribution in [1.82, 2.24) is 10.2 Å². The molecule has 0 aromatic heterocycles. The van der Waals surface area contributed by atoms with Crippen LogP contribution in [0, 0.1) is 11.7 Å². The third-order valence-corrected chi connectivity index (χ3v) is 4.65. The zero-order valence-electron chi connectivity index (χ0n) is 13.1. The molecule has 1 heterocycles. The minimum absolute atomic E-state index is 0. The van der Waals surface area contributed by atoms with E-state index in [1.54, 1.807) is 6.07 Å². The predicted octanol–water partition coefficient (Wildman–Crippen LogP) is 4.81. The van der Waals surface area contributed by atoms with E-state index in [1.807, 2.05) is 6.07 Å². The van der Waals surface area contributed by atoms with Gasteiger partial charge in [0.2, 0.25) is 0 Å². The molecule has 1 aromatic carbocycles. The molecule has 1 fully saturated rings. The van der Waals surface area contributed by atoms with Crippen molar-refractivity contribution in [3.05, 3.63) is 34.1 Å². The smallest absolute Gasteiger partial charge is 0.123 e. The summed E-state index contributed by atoms with van der Waals surface area (Å²) in [6, 6.07) is 5.35. The Hall–Kier alpha value is 0.130. The van der Waals surface area contributed by atoms with Crippen molar-refractivity contribution >= 4 is 40.7 Å². The van der Waals surface area contributed by atoms with Crippen LogP contribution in [0.5, 0.6) is 0 Å². The first-order valence-corrected chi connectivity index (χ1v) is 8.27. The van der Waals surface area contributed by atoms with Crippen LogP contribution in [-0.2, 0) is 0 Å². The van der Waals surface area contributed by atoms with E-state index >= 15 is 0 Å². The number of benzene rings is 1. The molecule has 1 saturated heterocycles. The molecule has 0 unspecified atom stereocenters. The van der Waals surface area contributed by atoms with Gasteiger partial charge in [-0.25, -0.2) is 4.39 Å². The maximum absolute atomic E-state index is 13.6. The van der Waals surface area contributed by atoms with Crippen LogP contribution in [0.4, 0.5) is 4.39 Å². The molecule has 0 aliphatic carbocycles. The summed E-state index contributed by atoms with van der Waals surface area (Å²) in [7, 11) is 0. The Morgan fingerprint density at radius 3 is 2.41 bits per heavy atom. The normalized spacial score (nSPS) is 16.8. The minimum atomic E-state index is -0.145. The van der Waals surface area contributed by atoms with Gasteiger partial charge in [-0.1, -0.05) is 29.8 Å². The number of piperazine rings is 1. The lowest BCUT2D eigenvalue weighted by Gasteiger charge is -2.36. The first kappa shape index (κ1) is 22.1. The number of rotatable bonds is 5. The summed E-state index contributed by atoms with van der Waals surface area (Å²) in [4.78, 5) is 2.48. The van der Waals surface area contributed by atoms with Crippen molar-refractivity contribution < 1.29 is 4.39 Å². The number of hydrogen-bond donors (Lipinski definition) is 1. The van der Waals surface area contributed by atoms with E-state index in [0.717, 1.165) is 49.1 Å². The van der Waals surface area contributed by atoms with Gasteiger partial charge in [-0.05, 0) is 42.5 Å². The zero-order chi connectivity index (χ0) is 14.5. The quantitative estimate of drug-likeness (QED) is 0.741. The molecule has 128 valence electrons. The van der Waals surface area contributed by atoms with Crippen molar-refractivity contribution in [2.75, 3.05) is 26.2 Å². The topological polar surface area (TPSA) is 15.3 Å². The minimum Gasteiger partial charge on any atom is -0.314 e. The molecule has 0 amide bonds. The van der Waals surface area contributed by atoms with E-state index in [0.29, 0.717) is 12.0 Å². The molecule has 0 radical (unpaired) electrons. The van der Waals surface area contributed by atoms with Gasteiger partial charge in [0.15, 0.2) is 0 Å². The van der Waals surface area contributed by atoms with E-state index in [1.165, 1.54) is 6.07 Å². The van der Waals surface area contributed by atoms with E-state index in [-0.39, 0.29) is 30.6 Å². The molecular formula is C16H26BrCl2FN2. The predicted molar refractivity (Wildman–Crippen MR) is 99.9 cm³/mol. The van der Waals surface area contributed by atoms with Crippen molar-refractivity contribution in [1.29, 1.82) is 0 Å². The molecule has 1 aliphatic rings. The van der Waals surface area contributed by atoms with Gasteiger partial charge in [0, 0.05) is 36.7 Å². The molecule has 2 rings (SSSR count). The highest BCUT2D eigenvalue weighted by Gasteiger charge is 2.24. The van der Waals surface area contributed by atoms with Crippen LogP contribution in [0.2, 0.25) is 0 Å². The first-order valence-electron chi connectivity index (χ1n) is 7.47. The molecule has 0 bridgehead atoms. The monoisotopic (exact) mass is 414 g/mol. The lowest BCUT2D eigenvalue weighted by Crippen LogP contribution is -2.45. The fraction of sp³-hybridized carbons (Fsp3) is 0.625. The number of nitrogens with zero attached hydrogens (tertiary/aromatic N) is 1. The van der Waals surface area contributed by atoms with Gasteiger partial charge in [-0.3, -0.25) is 4.90 Å². The molecule has 1 N–H and O–H groups in total. The van der Waals surface area contributed by atoms with Gasteiger partial charge in [-0.2, -0.15) is 0 Å². The van der Waals surface area contributed by atoms with Gasteiger partial charge < -0.3 is 5.32 Å². The Balaban J connectivity index is 0.00000220. The van der Waals surface area contributed by atoms with Crippen LogP contribution in [0.3, 0.4) is 0 Å². The largest absolute Gasteiger partial charge is 0.314 e. The van der Waals surface area contributed by atoms with Gasteiger partial charge in [0.1, 0.15) is 5.82 Å². The second kappa shape index (κ2) is 10.8. The molecule has 2 nitrogen and oxygen atoms in total. The molecule has 1 atom stereocenters. The summed E-state index contributed by atoms with van der Waals surface area (Å²) in [5.41, 5.74) is 1.09. The average Bonchev–Trinajstić information content (AvgIpc) is 2.43. The van der Waals surface area contributed by atoms with Crippen molar-refractivity contribution in [3.63, 3.8) is 0 Å². The van der Waals surface area contributed by atoms with Crippen LogP contribution in [0.25, 0.3) is 0 Å². The Labute approximate surface area is 154 Å². The fourth-order valence-corrected chi connectivity index (χ4v) is 3.30. The number of halogens is 4. The van der Waals surface area contributed by atoms with Crippen molar-refractivity contribution in [2.45, 2.75) is 32.7 Å². The summed E-state index contributed by atoms with van der Waals surface area (Å²) < 4.78 is 14.6. The zero-order valence-corrected chi connectivity index (χ0v) is 16.4. The Bertz CT molecular complexity index is 440. The molecule has 0 spiro atoms.